The monoisotopic (exact) mass is 292 g/mol. The van der Waals surface area contributed by atoms with E-state index in [-0.39, 0.29) is 10.7 Å². The summed E-state index contributed by atoms with van der Waals surface area (Å²) in [5, 5.41) is 7.95. The summed E-state index contributed by atoms with van der Waals surface area (Å²) in [7, 11) is -2.32. The van der Waals surface area contributed by atoms with Crippen molar-refractivity contribution in [3.8, 4) is 0 Å². The van der Waals surface area contributed by atoms with Gasteiger partial charge in [0.15, 0.2) is 0 Å². The second-order valence-electron chi connectivity index (χ2n) is 4.48. The summed E-state index contributed by atoms with van der Waals surface area (Å²) in [6.07, 6.45) is 1.61. The van der Waals surface area contributed by atoms with Gasteiger partial charge in [0.05, 0.1) is 16.5 Å². The summed E-state index contributed by atoms with van der Waals surface area (Å²) in [5.74, 6) is -0.200. The van der Waals surface area contributed by atoms with Gasteiger partial charge in [-0.25, -0.2) is 8.42 Å². The van der Waals surface area contributed by atoms with E-state index in [0.29, 0.717) is 10.9 Å². The first kappa shape index (κ1) is 14.4. The lowest BCUT2D eigenvalue weighted by atomic mass is 10.2. The Bertz CT molecular complexity index is 753. The molecule has 0 saturated heterocycles. The number of nitrogens with zero attached hydrogens (tertiary/aromatic N) is 2. The molecule has 0 aliphatic carbocycles. The number of likely N-dealkylation sites (N-methyl/N-ethyl adjacent to an activating group) is 1. The number of rotatable bonds is 4. The van der Waals surface area contributed by atoms with Crippen molar-refractivity contribution in [2.45, 2.75) is 17.9 Å². The molecule has 7 heteroatoms. The Morgan fingerprint density at radius 1 is 1.35 bits per heavy atom. The second kappa shape index (κ2) is 5.18. The first-order valence-corrected chi connectivity index (χ1v) is 7.45. The Labute approximate surface area is 117 Å². The molecule has 106 valence electrons. The third-order valence-corrected chi connectivity index (χ3v) is 5.24. The SMILES string of the molecule is CC(C(=N)N)N(C)S(=O)(=O)c1cccc2ncccc12. The van der Waals surface area contributed by atoms with Gasteiger partial charge < -0.3 is 5.73 Å². The molecule has 1 aromatic carbocycles. The van der Waals surface area contributed by atoms with Crippen LogP contribution in [0.3, 0.4) is 0 Å². The average molecular weight is 292 g/mol. The van der Waals surface area contributed by atoms with E-state index < -0.39 is 16.1 Å². The maximum Gasteiger partial charge on any atom is 0.244 e. The van der Waals surface area contributed by atoms with Gasteiger partial charge in [-0.1, -0.05) is 6.07 Å². The number of hydrogen-bond acceptors (Lipinski definition) is 4. The molecule has 2 aromatic rings. The Balaban J connectivity index is 2.61. The minimum absolute atomic E-state index is 0.165. The molecule has 0 fully saturated rings. The van der Waals surface area contributed by atoms with Crippen LogP contribution in [0.4, 0.5) is 0 Å². The van der Waals surface area contributed by atoms with Crippen LogP contribution in [-0.4, -0.2) is 36.6 Å². The fourth-order valence-electron chi connectivity index (χ4n) is 1.86. The maximum atomic E-state index is 12.6. The van der Waals surface area contributed by atoms with Crippen molar-refractivity contribution in [3.05, 3.63) is 36.5 Å². The first-order chi connectivity index (χ1) is 9.35. The van der Waals surface area contributed by atoms with Gasteiger partial charge in [0.1, 0.15) is 5.84 Å². The van der Waals surface area contributed by atoms with E-state index in [9.17, 15) is 8.42 Å². The van der Waals surface area contributed by atoms with Crippen LogP contribution in [0, 0.1) is 5.41 Å². The van der Waals surface area contributed by atoms with Crippen molar-refractivity contribution in [1.29, 1.82) is 5.41 Å². The number of pyridine rings is 1. The van der Waals surface area contributed by atoms with Crippen LogP contribution < -0.4 is 5.73 Å². The quantitative estimate of drug-likeness (QED) is 0.652. The van der Waals surface area contributed by atoms with E-state index in [0.717, 1.165) is 4.31 Å². The summed E-state index contributed by atoms with van der Waals surface area (Å²) in [5.41, 5.74) is 6.00. The zero-order chi connectivity index (χ0) is 14.9. The van der Waals surface area contributed by atoms with Crippen molar-refractivity contribution in [3.63, 3.8) is 0 Å². The lowest BCUT2D eigenvalue weighted by molar-refractivity contribution is 0.449. The molecule has 0 saturated carbocycles. The van der Waals surface area contributed by atoms with E-state index in [1.54, 1.807) is 37.4 Å². The Kier molecular flexibility index (Phi) is 3.74. The largest absolute Gasteiger partial charge is 0.386 e. The highest BCUT2D eigenvalue weighted by Crippen LogP contribution is 2.24. The lowest BCUT2D eigenvalue weighted by Crippen LogP contribution is -2.43. The van der Waals surface area contributed by atoms with Crippen LogP contribution in [0.25, 0.3) is 10.9 Å². The molecule has 0 aliphatic rings. The van der Waals surface area contributed by atoms with E-state index in [2.05, 4.69) is 4.98 Å². The Morgan fingerprint density at radius 2 is 2.05 bits per heavy atom. The minimum atomic E-state index is -3.74. The number of nitrogens with two attached hydrogens (primary N) is 1. The summed E-state index contributed by atoms with van der Waals surface area (Å²) in [6, 6.07) is 7.63. The average Bonchev–Trinajstić information content (AvgIpc) is 2.44. The predicted molar refractivity (Wildman–Crippen MR) is 78.1 cm³/mol. The molecule has 1 heterocycles. The van der Waals surface area contributed by atoms with E-state index in [4.69, 9.17) is 11.1 Å². The van der Waals surface area contributed by atoms with Crippen molar-refractivity contribution in [2.75, 3.05) is 7.05 Å². The van der Waals surface area contributed by atoms with E-state index in [1.165, 1.54) is 13.1 Å². The van der Waals surface area contributed by atoms with Gasteiger partial charge in [-0.15, -0.1) is 0 Å². The summed E-state index contributed by atoms with van der Waals surface area (Å²) in [4.78, 5) is 4.31. The van der Waals surface area contributed by atoms with Gasteiger partial charge in [0.25, 0.3) is 0 Å². The zero-order valence-electron chi connectivity index (χ0n) is 11.2. The maximum absolute atomic E-state index is 12.6. The minimum Gasteiger partial charge on any atom is -0.386 e. The molecule has 0 aliphatic heterocycles. The topological polar surface area (TPSA) is 100 Å². The van der Waals surface area contributed by atoms with Crippen LogP contribution in [0.15, 0.2) is 41.4 Å². The van der Waals surface area contributed by atoms with Crippen molar-refractivity contribution in [1.82, 2.24) is 9.29 Å². The molecule has 0 radical (unpaired) electrons. The summed E-state index contributed by atoms with van der Waals surface area (Å²) < 4.78 is 26.4. The van der Waals surface area contributed by atoms with Crippen LogP contribution >= 0.6 is 0 Å². The molecule has 2 rings (SSSR count). The second-order valence-corrected chi connectivity index (χ2v) is 6.44. The molecule has 1 atom stereocenters. The molecule has 1 unspecified atom stereocenters. The van der Waals surface area contributed by atoms with Crippen LogP contribution in [0.5, 0.6) is 0 Å². The van der Waals surface area contributed by atoms with Crippen molar-refractivity contribution < 1.29 is 8.42 Å². The number of benzene rings is 1. The van der Waals surface area contributed by atoms with Gasteiger partial charge in [0, 0.05) is 18.6 Å². The van der Waals surface area contributed by atoms with Crippen LogP contribution in [-0.2, 0) is 10.0 Å². The smallest absolute Gasteiger partial charge is 0.244 e. The highest BCUT2D eigenvalue weighted by atomic mass is 32.2. The zero-order valence-corrected chi connectivity index (χ0v) is 12.1. The van der Waals surface area contributed by atoms with Crippen molar-refractivity contribution in [2.24, 2.45) is 5.73 Å². The summed E-state index contributed by atoms with van der Waals surface area (Å²) >= 11 is 0. The number of nitrogens with one attached hydrogen (secondary N) is 1. The predicted octanol–water partition coefficient (Wildman–Crippen LogP) is 1.18. The molecule has 6 nitrogen and oxygen atoms in total. The number of aromatic nitrogens is 1. The van der Waals surface area contributed by atoms with Crippen LogP contribution in [0.1, 0.15) is 6.92 Å². The van der Waals surface area contributed by atoms with Crippen LogP contribution in [0.2, 0.25) is 0 Å². The molecular formula is C13H16N4O2S. The van der Waals surface area contributed by atoms with Gasteiger partial charge in [-0.2, -0.15) is 4.31 Å². The third kappa shape index (κ3) is 2.37. The normalized spacial score (nSPS) is 13.6. The molecule has 3 N–H and O–H groups in total. The molecule has 20 heavy (non-hydrogen) atoms. The number of amidine groups is 1. The molecule has 1 aromatic heterocycles. The molecule has 0 spiro atoms. The van der Waals surface area contributed by atoms with Gasteiger partial charge >= 0.3 is 0 Å². The molecular weight excluding hydrogens is 276 g/mol. The molecule has 0 amide bonds. The highest BCUT2D eigenvalue weighted by molar-refractivity contribution is 7.89. The number of hydrogen-bond donors (Lipinski definition) is 2. The fraction of sp³-hybridized carbons (Fsp3) is 0.231. The van der Waals surface area contributed by atoms with E-state index in [1.807, 2.05) is 0 Å². The number of fused-ring (bicyclic) bond motifs is 1. The Hall–Kier alpha value is -1.99. The first-order valence-electron chi connectivity index (χ1n) is 6.01. The standard InChI is InChI=1S/C13H16N4O2S/c1-9(13(14)15)17(2)20(18,19)12-7-3-6-11-10(12)5-4-8-16-11/h3-9H,1-2H3,(H3,14,15). The summed E-state index contributed by atoms with van der Waals surface area (Å²) in [6.45, 7) is 1.57. The number of sulfonamides is 1. The van der Waals surface area contributed by atoms with E-state index >= 15 is 0 Å². The lowest BCUT2D eigenvalue weighted by Gasteiger charge is -2.23. The Morgan fingerprint density at radius 3 is 2.70 bits per heavy atom. The van der Waals surface area contributed by atoms with Gasteiger partial charge in [0.2, 0.25) is 10.0 Å². The van der Waals surface area contributed by atoms with Gasteiger partial charge in [-0.3, -0.25) is 10.4 Å². The third-order valence-electron chi connectivity index (χ3n) is 3.26. The molecule has 0 bridgehead atoms. The highest BCUT2D eigenvalue weighted by Gasteiger charge is 2.28. The van der Waals surface area contributed by atoms with Crippen molar-refractivity contribution >= 4 is 26.8 Å². The van der Waals surface area contributed by atoms with Gasteiger partial charge in [-0.05, 0) is 31.2 Å². The fourth-order valence-corrected chi connectivity index (χ4v) is 3.40.